The van der Waals surface area contributed by atoms with Crippen LogP contribution in [-0.4, -0.2) is 46.1 Å². The van der Waals surface area contributed by atoms with Crippen molar-refractivity contribution in [2.45, 2.75) is 91.4 Å². The van der Waals surface area contributed by atoms with Gasteiger partial charge in [-0.1, -0.05) is 20.8 Å². The van der Waals surface area contributed by atoms with E-state index in [1.165, 1.54) is 25.9 Å². The molecule has 19 heavy (non-hydrogen) atoms. The van der Waals surface area contributed by atoms with E-state index in [0.717, 1.165) is 12.1 Å². The molecular formula is C17H34N2. The molecular weight excluding hydrogens is 232 g/mol. The Morgan fingerprint density at radius 2 is 1.16 bits per heavy atom. The van der Waals surface area contributed by atoms with E-state index in [4.69, 9.17) is 0 Å². The third kappa shape index (κ3) is 2.58. The van der Waals surface area contributed by atoms with Crippen molar-refractivity contribution in [2.24, 2.45) is 5.41 Å². The minimum atomic E-state index is 0.276. The maximum absolute atomic E-state index is 2.79. The highest BCUT2D eigenvalue weighted by Gasteiger charge is 2.49. The minimum absolute atomic E-state index is 0.276. The van der Waals surface area contributed by atoms with Gasteiger partial charge in [0.15, 0.2) is 0 Å². The van der Waals surface area contributed by atoms with Crippen molar-refractivity contribution in [3.05, 3.63) is 0 Å². The smallest absolute Gasteiger partial charge is 0.0232 e. The number of hydrogen-bond donors (Lipinski definition) is 0. The number of hydrogen-bond acceptors (Lipinski definition) is 2. The second-order valence-corrected chi connectivity index (χ2v) is 9.18. The van der Waals surface area contributed by atoms with E-state index in [2.05, 4.69) is 65.2 Å². The molecule has 2 atom stereocenters. The molecule has 0 spiro atoms. The second kappa shape index (κ2) is 4.46. The Morgan fingerprint density at radius 3 is 1.47 bits per heavy atom. The summed E-state index contributed by atoms with van der Waals surface area (Å²) in [7, 11) is 0. The van der Waals surface area contributed by atoms with Gasteiger partial charge in [-0.05, 0) is 52.9 Å². The van der Waals surface area contributed by atoms with Crippen LogP contribution >= 0.6 is 0 Å². The quantitative estimate of drug-likeness (QED) is 0.713. The fourth-order valence-corrected chi connectivity index (χ4v) is 3.93. The fraction of sp³-hybridized carbons (Fsp3) is 1.00. The molecule has 0 N–H and O–H groups in total. The summed E-state index contributed by atoms with van der Waals surface area (Å²) >= 11 is 0. The summed E-state index contributed by atoms with van der Waals surface area (Å²) in [6.07, 6.45) is 2.78. The summed E-state index contributed by atoms with van der Waals surface area (Å²) in [5.74, 6) is 0. The number of fused-ring (bicyclic) bond motifs is 2. The van der Waals surface area contributed by atoms with Gasteiger partial charge in [-0.2, -0.15) is 0 Å². The normalized spacial score (nSPS) is 30.9. The maximum atomic E-state index is 2.79. The van der Waals surface area contributed by atoms with E-state index in [0.29, 0.717) is 11.0 Å². The average molecular weight is 266 g/mol. The minimum Gasteiger partial charge on any atom is -0.295 e. The number of likely N-dealkylation sites (tertiary alicyclic amines) is 1. The van der Waals surface area contributed by atoms with Gasteiger partial charge >= 0.3 is 0 Å². The molecule has 0 aromatic heterocycles. The Balaban J connectivity index is 2.17. The predicted octanol–water partition coefficient (Wildman–Crippen LogP) is 3.76. The molecule has 0 aromatic carbocycles. The largest absolute Gasteiger partial charge is 0.295 e. The van der Waals surface area contributed by atoms with Gasteiger partial charge in [0.05, 0.1) is 0 Å². The molecule has 2 aliphatic rings. The van der Waals surface area contributed by atoms with E-state index < -0.39 is 0 Å². The first-order chi connectivity index (χ1) is 8.44. The number of piperazine rings is 1. The second-order valence-electron chi connectivity index (χ2n) is 9.18. The molecule has 0 aliphatic carbocycles. The Labute approximate surface area is 120 Å². The van der Waals surface area contributed by atoms with Gasteiger partial charge in [0.1, 0.15) is 0 Å². The maximum Gasteiger partial charge on any atom is 0.0232 e. The van der Waals surface area contributed by atoms with Crippen molar-refractivity contribution in [2.75, 3.05) is 13.1 Å². The van der Waals surface area contributed by atoms with E-state index in [1.807, 2.05) is 0 Å². The Morgan fingerprint density at radius 1 is 0.737 bits per heavy atom. The van der Waals surface area contributed by atoms with Crippen LogP contribution in [0.5, 0.6) is 0 Å². The fourth-order valence-electron chi connectivity index (χ4n) is 3.93. The number of nitrogens with zero attached hydrogens (tertiary/aromatic N) is 2. The topological polar surface area (TPSA) is 6.48 Å². The number of rotatable bonds is 1. The molecule has 2 fully saturated rings. The lowest BCUT2D eigenvalue weighted by molar-refractivity contribution is -0.0653. The van der Waals surface area contributed by atoms with Crippen LogP contribution in [0.4, 0.5) is 0 Å². The molecule has 0 aromatic rings. The van der Waals surface area contributed by atoms with E-state index in [-0.39, 0.29) is 5.54 Å². The van der Waals surface area contributed by atoms with Crippen molar-refractivity contribution >= 4 is 0 Å². The van der Waals surface area contributed by atoms with E-state index in [9.17, 15) is 0 Å². The molecule has 2 nitrogen and oxygen atoms in total. The lowest BCUT2D eigenvalue weighted by Crippen LogP contribution is -2.65. The molecule has 0 saturated carbocycles. The zero-order chi connectivity index (χ0) is 14.6. The first kappa shape index (κ1) is 15.3. The highest BCUT2D eigenvalue weighted by molar-refractivity contribution is 5.05. The van der Waals surface area contributed by atoms with Gasteiger partial charge < -0.3 is 0 Å². The van der Waals surface area contributed by atoms with Crippen LogP contribution in [-0.2, 0) is 0 Å². The zero-order valence-corrected chi connectivity index (χ0v) is 14.4. The summed E-state index contributed by atoms with van der Waals surface area (Å²) in [4.78, 5) is 5.56. The van der Waals surface area contributed by atoms with Crippen LogP contribution in [0, 0.1) is 5.41 Å². The molecule has 2 rings (SSSR count). The summed E-state index contributed by atoms with van der Waals surface area (Å²) in [6, 6.07) is 1.53. The molecule has 0 amide bonds. The summed E-state index contributed by atoms with van der Waals surface area (Å²) < 4.78 is 0. The van der Waals surface area contributed by atoms with Gasteiger partial charge in [-0.15, -0.1) is 0 Å². The molecule has 2 saturated heterocycles. The van der Waals surface area contributed by atoms with E-state index >= 15 is 0 Å². The monoisotopic (exact) mass is 266 g/mol. The molecule has 112 valence electrons. The lowest BCUT2D eigenvalue weighted by Gasteiger charge is -2.55. The lowest BCUT2D eigenvalue weighted by atomic mass is 9.74. The highest BCUT2D eigenvalue weighted by Crippen LogP contribution is 2.42. The first-order valence-corrected chi connectivity index (χ1v) is 7.98. The van der Waals surface area contributed by atoms with Crippen LogP contribution in [0.1, 0.15) is 68.2 Å². The average Bonchev–Trinajstić information content (AvgIpc) is 2.48. The highest BCUT2D eigenvalue weighted by atomic mass is 15.4. The molecule has 2 unspecified atom stereocenters. The van der Waals surface area contributed by atoms with Crippen LogP contribution < -0.4 is 0 Å². The molecule has 2 bridgehead atoms. The predicted molar refractivity (Wildman–Crippen MR) is 83.5 cm³/mol. The van der Waals surface area contributed by atoms with Crippen molar-refractivity contribution in [1.82, 2.24) is 9.80 Å². The standard InChI is InChI=1S/C17H34N2/c1-15(2,3)17(7,8)18-11-13-9-10-14(12-18)19(13)16(4,5)6/h13-14H,9-12H2,1-8H3. The van der Waals surface area contributed by atoms with Crippen molar-refractivity contribution in [3.8, 4) is 0 Å². The summed E-state index contributed by atoms with van der Waals surface area (Å²) in [6.45, 7) is 21.6. The summed E-state index contributed by atoms with van der Waals surface area (Å²) in [5, 5.41) is 0. The third-order valence-electron chi connectivity index (χ3n) is 5.88. The van der Waals surface area contributed by atoms with Gasteiger partial charge in [0, 0.05) is 36.3 Å². The van der Waals surface area contributed by atoms with Crippen LogP contribution in [0.25, 0.3) is 0 Å². The molecule has 2 heterocycles. The third-order valence-corrected chi connectivity index (χ3v) is 5.88. The molecule has 0 radical (unpaired) electrons. The van der Waals surface area contributed by atoms with E-state index in [1.54, 1.807) is 0 Å². The first-order valence-electron chi connectivity index (χ1n) is 7.98. The Bertz CT molecular complexity index is 318. The van der Waals surface area contributed by atoms with Gasteiger partial charge in [-0.25, -0.2) is 0 Å². The van der Waals surface area contributed by atoms with Gasteiger partial charge in [-0.3, -0.25) is 9.80 Å². The molecule has 2 aliphatic heterocycles. The van der Waals surface area contributed by atoms with Crippen LogP contribution in [0.15, 0.2) is 0 Å². The Kier molecular flexibility index (Phi) is 3.59. The van der Waals surface area contributed by atoms with Gasteiger partial charge in [0.2, 0.25) is 0 Å². The summed E-state index contributed by atoms with van der Waals surface area (Å²) in [5.41, 5.74) is 0.929. The SMILES string of the molecule is CC(C)(C)N1C2CCC1CN(C(C)(C)C(C)(C)C)C2. The van der Waals surface area contributed by atoms with Crippen molar-refractivity contribution < 1.29 is 0 Å². The molecule has 2 heteroatoms. The Hall–Kier alpha value is -0.0800. The van der Waals surface area contributed by atoms with Gasteiger partial charge in [0.25, 0.3) is 0 Å². The van der Waals surface area contributed by atoms with Crippen LogP contribution in [0.2, 0.25) is 0 Å². The van der Waals surface area contributed by atoms with Crippen LogP contribution in [0.3, 0.4) is 0 Å². The van der Waals surface area contributed by atoms with Crippen molar-refractivity contribution in [3.63, 3.8) is 0 Å². The zero-order valence-electron chi connectivity index (χ0n) is 14.4. The van der Waals surface area contributed by atoms with Crippen molar-refractivity contribution in [1.29, 1.82) is 0 Å².